The van der Waals surface area contributed by atoms with Gasteiger partial charge in [-0.2, -0.15) is 5.06 Å². The van der Waals surface area contributed by atoms with Crippen molar-refractivity contribution in [1.29, 1.82) is 0 Å². The minimum atomic E-state index is -0.288. The van der Waals surface area contributed by atoms with Crippen molar-refractivity contribution in [2.75, 3.05) is 0 Å². The molecule has 1 aliphatic heterocycles. The van der Waals surface area contributed by atoms with Gasteiger partial charge >= 0.3 is 21.1 Å². The summed E-state index contributed by atoms with van der Waals surface area (Å²) in [5.41, 5.74) is 5.41. The second-order valence-corrected chi connectivity index (χ2v) is 4.59. The minimum absolute atomic E-state index is 0. The van der Waals surface area contributed by atoms with Gasteiger partial charge in [-0.05, 0) is 34.1 Å². The molecule has 0 aromatic rings. The molecule has 7 heteroatoms. The topological polar surface area (TPSA) is 84.5 Å². The molecule has 0 spiro atoms. The van der Waals surface area contributed by atoms with E-state index in [4.69, 9.17) is 5.73 Å². The maximum atomic E-state index is 9.71. The van der Waals surface area contributed by atoms with Gasteiger partial charge in [-0.25, -0.2) is 0 Å². The van der Waals surface area contributed by atoms with E-state index in [9.17, 15) is 5.21 Å². The quantitative estimate of drug-likeness (QED) is 0.352. The van der Waals surface area contributed by atoms with Gasteiger partial charge in [-0.3, -0.25) is 0 Å². The molecule has 0 amide bonds. The van der Waals surface area contributed by atoms with Crippen LogP contribution < -0.4 is 36.7 Å². The predicted molar refractivity (Wildman–Crippen MR) is 49.4 cm³/mol. The Labute approximate surface area is 119 Å². The molecule has 1 atom stereocenters. The molecule has 98 valence electrons. The predicted octanol–water partition coefficient (Wildman–Crippen LogP) is -4.87. The van der Waals surface area contributed by atoms with E-state index >= 15 is 0 Å². The van der Waals surface area contributed by atoms with Crippen molar-refractivity contribution in [3.63, 3.8) is 0 Å². The maximum absolute atomic E-state index is 9.71. The number of hydrogen-bond acceptors (Lipinski definition) is 4. The Balaban J connectivity index is -0.000000151. The zero-order chi connectivity index (χ0) is 8.86. The first-order valence-corrected chi connectivity index (χ1v) is 4.03. The molecule has 1 saturated heterocycles. The van der Waals surface area contributed by atoms with E-state index in [0.29, 0.717) is 0 Å². The Kier molecular flexibility index (Phi) is 12.4. The van der Waals surface area contributed by atoms with Crippen molar-refractivity contribution >= 4 is 0 Å². The summed E-state index contributed by atoms with van der Waals surface area (Å²) in [5, 5.41) is 11.1. The van der Waals surface area contributed by atoms with E-state index < -0.39 is 0 Å². The number of nitrogens with zero attached hydrogens (tertiary/aromatic N) is 1. The average Bonchev–Trinajstić information content (AvgIpc) is 1.94. The van der Waals surface area contributed by atoms with Crippen molar-refractivity contribution in [3.8, 4) is 0 Å². The molecule has 0 aromatic heterocycles. The third-order valence-corrected chi connectivity index (χ3v) is 2.75. The monoisotopic (exact) mass is 440 g/mol. The summed E-state index contributed by atoms with van der Waals surface area (Å²) in [4.78, 5) is 0. The fourth-order valence-electron chi connectivity index (χ4n) is 1.81. The van der Waals surface area contributed by atoms with Crippen LogP contribution in [0.4, 0.5) is 0 Å². The molecule has 4 nitrogen and oxygen atoms in total. The molecule has 15 heavy (non-hydrogen) atoms. The van der Waals surface area contributed by atoms with E-state index in [1.807, 2.05) is 27.7 Å². The zero-order valence-electron chi connectivity index (χ0n) is 9.54. The second-order valence-electron chi connectivity index (χ2n) is 4.59. The van der Waals surface area contributed by atoms with Crippen LogP contribution in [0.3, 0.4) is 0 Å². The molecule has 0 aliphatic carbocycles. The Hall–Kier alpha value is 1.11. The zero-order valence-corrected chi connectivity index (χ0v) is 13.3. The summed E-state index contributed by atoms with van der Waals surface area (Å²) < 4.78 is 0. The van der Waals surface area contributed by atoms with Crippen LogP contribution in [0, 0.1) is 0 Å². The molecule has 0 bridgehead atoms. The van der Waals surface area contributed by atoms with Crippen LogP contribution in [0.25, 0.3) is 0 Å². The van der Waals surface area contributed by atoms with Crippen LogP contribution in [-0.4, -0.2) is 27.4 Å². The standard InChI is InChI=1S/C8H18N2O.2ClH.H3N.Pt/c1-7(2)5-6(9)8(3,4)10(7)11;;;;/h6,11H,5,9H2,1-4H3;2*1H;1H3;/q;;;;+2/p-2. The van der Waals surface area contributed by atoms with Gasteiger partial charge < -0.3 is 41.9 Å². The molecule has 1 heterocycles. The van der Waals surface area contributed by atoms with Gasteiger partial charge in [0.15, 0.2) is 0 Å². The smallest absolute Gasteiger partial charge is 1.00 e. The fraction of sp³-hybridized carbons (Fsp3) is 1.00. The van der Waals surface area contributed by atoms with Gasteiger partial charge in [0.25, 0.3) is 0 Å². The largest absolute Gasteiger partial charge is 2.00 e. The van der Waals surface area contributed by atoms with Crippen LogP contribution >= 0.6 is 0 Å². The van der Waals surface area contributed by atoms with Crippen LogP contribution in [0.15, 0.2) is 0 Å². The maximum Gasteiger partial charge on any atom is 2.00 e. The third-order valence-electron chi connectivity index (χ3n) is 2.75. The van der Waals surface area contributed by atoms with Crippen LogP contribution in [-0.2, 0) is 21.1 Å². The van der Waals surface area contributed by atoms with Gasteiger partial charge in [0.2, 0.25) is 0 Å². The van der Waals surface area contributed by atoms with Crippen molar-refractivity contribution in [1.82, 2.24) is 11.2 Å². The molecule has 1 fully saturated rings. The summed E-state index contributed by atoms with van der Waals surface area (Å²) in [6, 6.07) is 0.0579. The van der Waals surface area contributed by atoms with Crippen LogP contribution in [0.5, 0.6) is 0 Å². The van der Waals surface area contributed by atoms with Crippen molar-refractivity contribution in [3.05, 3.63) is 0 Å². The molecule has 1 unspecified atom stereocenters. The van der Waals surface area contributed by atoms with Gasteiger partial charge in [0.05, 0.1) is 5.54 Å². The van der Waals surface area contributed by atoms with Gasteiger partial charge in [-0.15, -0.1) is 0 Å². The molecule has 6 N–H and O–H groups in total. The van der Waals surface area contributed by atoms with Crippen molar-refractivity contribution in [2.45, 2.75) is 51.2 Å². The summed E-state index contributed by atoms with van der Waals surface area (Å²) >= 11 is 0. The average molecular weight is 441 g/mol. The number of hydrogen-bond donors (Lipinski definition) is 3. The number of hydroxylamine groups is 2. The SMILES string of the molecule is CC1(C)CC(N)C(C)(C)N1O.N.[Cl-].[Cl-].[Pt+2]. The first-order valence-electron chi connectivity index (χ1n) is 4.03. The Bertz CT molecular complexity index is 181. The number of nitrogens with two attached hydrogens (primary N) is 1. The van der Waals surface area contributed by atoms with E-state index in [1.54, 1.807) is 0 Å². The van der Waals surface area contributed by atoms with Gasteiger partial charge in [0, 0.05) is 11.6 Å². The summed E-state index contributed by atoms with van der Waals surface area (Å²) in [5.74, 6) is 0. The number of rotatable bonds is 0. The second kappa shape index (κ2) is 7.44. The summed E-state index contributed by atoms with van der Waals surface area (Å²) in [6.07, 6.45) is 0.844. The summed E-state index contributed by atoms with van der Waals surface area (Å²) in [6.45, 7) is 7.93. The van der Waals surface area contributed by atoms with Crippen molar-refractivity contribution < 1.29 is 51.1 Å². The number of halogens is 2. The molecule has 0 aromatic carbocycles. The minimum Gasteiger partial charge on any atom is -1.00 e. The van der Waals surface area contributed by atoms with Crippen LogP contribution in [0.1, 0.15) is 34.1 Å². The molecule has 0 saturated carbocycles. The first-order chi connectivity index (χ1) is 4.78. The van der Waals surface area contributed by atoms with E-state index in [1.165, 1.54) is 5.06 Å². The third kappa shape index (κ3) is 4.47. The van der Waals surface area contributed by atoms with E-state index in [0.717, 1.165) is 6.42 Å². The molecule has 0 radical (unpaired) electrons. The molecular weight excluding hydrogens is 420 g/mol. The van der Waals surface area contributed by atoms with E-state index in [-0.39, 0.29) is 69.1 Å². The van der Waals surface area contributed by atoms with Crippen LogP contribution in [0.2, 0.25) is 0 Å². The van der Waals surface area contributed by atoms with Crippen molar-refractivity contribution in [2.24, 2.45) is 5.73 Å². The Morgan fingerprint density at radius 2 is 1.53 bits per heavy atom. The normalized spacial score (nSPS) is 26.4. The van der Waals surface area contributed by atoms with Gasteiger partial charge in [0.1, 0.15) is 0 Å². The molecule has 1 aliphatic rings. The van der Waals surface area contributed by atoms with E-state index in [2.05, 4.69) is 0 Å². The molecular formula is C8H21Cl2N3OPt. The molecule has 1 rings (SSSR count). The summed E-state index contributed by atoms with van der Waals surface area (Å²) in [7, 11) is 0. The Morgan fingerprint density at radius 1 is 1.20 bits per heavy atom. The first kappa shape index (κ1) is 25.1. The Morgan fingerprint density at radius 3 is 1.60 bits per heavy atom. The fourth-order valence-corrected chi connectivity index (χ4v) is 1.81. The van der Waals surface area contributed by atoms with Gasteiger partial charge in [-0.1, -0.05) is 0 Å².